The first-order chi connectivity index (χ1) is 4.77. The number of rotatable bonds is 0. The summed E-state index contributed by atoms with van der Waals surface area (Å²) < 4.78 is 0. The van der Waals surface area contributed by atoms with E-state index in [9.17, 15) is 0 Å². The molecule has 0 aliphatic heterocycles. The van der Waals surface area contributed by atoms with Crippen LogP contribution in [0.1, 0.15) is 25.7 Å². The quantitative estimate of drug-likeness (QED) is 0.513. The number of hydrogen-bond donors (Lipinski definition) is 2. The molecule has 0 saturated heterocycles. The minimum atomic E-state index is 0.471. The van der Waals surface area contributed by atoms with Crippen molar-refractivity contribution in [2.75, 3.05) is 0 Å². The molecule has 3 aliphatic carbocycles. The molecular formula is C8H16N2. The van der Waals surface area contributed by atoms with Gasteiger partial charge in [0.05, 0.1) is 0 Å². The summed E-state index contributed by atoms with van der Waals surface area (Å²) in [6.45, 7) is 0. The smallest absolute Gasteiger partial charge is 0.00709 e. The van der Waals surface area contributed by atoms with Crippen LogP contribution in [0.25, 0.3) is 0 Å². The van der Waals surface area contributed by atoms with E-state index in [4.69, 9.17) is 11.5 Å². The molecule has 0 unspecified atom stereocenters. The van der Waals surface area contributed by atoms with Gasteiger partial charge in [-0.05, 0) is 37.5 Å². The lowest BCUT2D eigenvalue weighted by Crippen LogP contribution is -2.50. The normalized spacial score (nSPS) is 53.4. The Morgan fingerprint density at radius 1 is 0.800 bits per heavy atom. The fourth-order valence-corrected chi connectivity index (χ4v) is 2.53. The molecule has 3 saturated carbocycles. The highest BCUT2D eigenvalue weighted by molar-refractivity contribution is 4.94. The summed E-state index contributed by atoms with van der Waals surface area (Å²) in [5.74, 6) is 1.50. The van der Waals surface area contributed by atoms with Gasteiger partial charge in [0.25, 0.3) is 0 Å². The van der Waals surface area contributed by atoms with Crippen molar-refractivity contribution >= 4 is 0 Å². The van der Waals surface area contributed by atoms with Crippen LogP contribution in [0.15, 0.2) is 0 Å². The van der Waals surface area contributed by atoms with Crippen molar-refractivity contribution in [3.63, 3.8) is 0 Å². The SMILES string of the molecule is N[C@H]1C[C@H]2CC[C@@H]1C[C@@H]2N. The molecule has 2 heteroatoms. The van der Waals surface area contributed by atoms with Gasteiger partial charge in [0.15, 0.2) is 0 Å². The molecule has 58 valence electrons. The molecule has 3 rings (SSSR count). The van der Waals surface area contributed by atoms with E-state index in [1.807, 2.05) is 0 Å². The van der Waals surface area contributed by atoms with Crippen molar-refractivity contribution in [1.82, 2.24) is 0 Å². The molecule has 3 aliphatic rings. The Bertz CT molecular complexity index is 119. The van der Waals surface area contributed by atoms with Gasteiger partial charge in [-0.15, -0.1) is 0 Å². The zero-order chi connectivity index (χ0) is 7.14. The minimum Gasteiger partial charge on any atom is -0.327 e. The van der Waals surface area contributed by atoms with Crippen LogP contribution >= 0.6 is 0 Å². The average molecular weight is 140 g/mol. The first-order valence-corrected chi connectivity index (χ1v) is 4.28. The van der Waals surface area contributed by atoms with Crippen LogP contribution in [0.4, 0.5) is 0 Å². The molecule has 4 N–H and O–H groups in total. The van der Waals surface area contributed by atoms with Gasteiger partial charge < -0.3 is 11.5 Å². The van der Waals surface area contributed by atoms with Gasteiger partial charge >= 0.3 is 0 Å². The van der Waals surface area contributed by atoms with E-state index in [0.29, 0.717) is 12.1 Å². The van der Waals surface area contributed by atoms with Gasteiger partial charge in [-0.25, -0.2) is 0 Å². The maximum Gasteiger partial charge on any atom is 0.00709 e. The summed E-state index contributed by atoms with van der Waals surface area (Å²) in [6.07, 6.45) is 5.04. The van der Waals surface area contributed by atoms with Gasteiger partial charge in [-0.2, -0.15) is 0 Å². The van der Waals surface area contributed by atoms with Crippen molar-refractivity contribution in [1.29, 1.82) is 0 Å². The van der Waals surface area contributed by atoms with E-state index in [-0.39, 0.29) is 0 Å². The molecule has 0 aromatic rings. The van der Waals surface area contributed by atoms with Gasteiger partial charge in [-0.1, -0.05) is 0 Å². The van der Waals surface area contributed by atoms with Gasteiger partial charge in [0.1, 0.15) is 0 Å². The standard InChI is InChI=1S/C8H16N2/c9-7-4-6-2-1-5(7)3-8(6)10/h5-8H,1-4,9-10H2/t5-,6-,7+,8+/m1/s1. The second kappa shape index (κ2) is 2.21. The molecule has 0 aromatic carbocycles. The maximum atomic E-state index is 5.93. The Morgan fingerprint density at radius 3 is 1.40 bits per heavy atom. The fourth-order valence-electron chi connectivity index (χ4n) is 2.53. The minimum absolute atomic E-state index is 0.471. The molecule has 10 heavy (non-hydrogen) atoms. The summed E-state index contributed by atoms with van der Waals surface area (Å²) in [6, 6.07) is 0.942. The third-order valence-corrected chi connectivity index (χ3v) is 3.27. The van der Waals surface area contributed by atoms with E-state index >= 15 is 0 Å². The van der Waals surface area contributed by atoms with Crippen LogP contribution in [-0.4, -0.2) is 12.1 Å². The molecular weight excluding hydrogens is 124 g/mol. The molecule has 0 aromatic heterocycles. The Morgan fingerprint density at radius 2 is 1.20 bits per heavy atom. The highest BCUT2D eigenvalue weighted by atomic mass is 14.8. The average Bonchev–Trinajstić information content (AvgIpc) is 1.91. The van der Waals surface area contributed by atoms with Crippen molar-refractivity contribution in [2.24, 2.45) is 23.3 Å². The highest BCUT2D eigenvalue weighted by Crippen LogP contribution is 2.39. The first kappa shape index (κ1) is 6.62. The summed E-state index contributed by atoms with van der Waals surface area (Å²) in [5, 5.41) is 0. The number of hydrogen-bond acceptors (Lipinski definition) is 2. The molecule has 0 spiro atoms. The Balaban J connectivity index is 2.09. The van der Waals surface area contributed by atoms with Crippen LogP contribution < -0.4 is 11.5 Å². The van der Waals surface area contributed by atoms with E-state index in [1.54, 1.807) is 0 Å². The number of nitrogens with two attached hydrogens (primary N) is 2. The topological polar surface area (TPSA) is 52.0 Å². The van der Waals surface area contributed by atoms with Crippen molar-refractivity contribution in [2.45, 2.75) is 37.8 Å². The van der Waals surface area contributed by atoms with Gasteiger partial charge in [-0.3, -0.25) is 0 Å². The van der Waals surface area contributed by atoms with Crippen molar-refractivity contribution in [3.05, 3.63) is 0 Å². The summed E-state index contributed by atoms with van der Waals surface area (Å²) in [7, 11) is 0. The van der Waals surface area contributed by atoms with Crippen molar-refractivity contribution in [3.8, 4) is 0 Å². The van der Waals surface area contributed by atoms with E-state index in [0.717, 1.165) is 11.8 Å². The Kier molecular flexibility index (Phi) is 1.46. The predicted molar refractivity (Wildman–Crippen MR) is 41.4 cm³/mol. The van der Waals surface area contributed by atoms with Crippen molar-refractivity contribution < 1.29 is 0 Å². The second-order valence-corrected chi connectivity index (χ2v) is 3.90. The Labute approximate surface area is 62.0 Å². The first-order valence-electron chi connectivity index (χ1n) is 4.28. The molecule has 2 bridgehead atoms. The summed E-state index contributed by atoms with van der Waals surface area (Å²) in [5.41, 5.74) is 11.9. The predicted octanol–water partition coefficient (Wildman–Crippen LogP) is 0.461. The number of fused-ring (bicyclic) bond motifs is 3. The molecule has 0 heterocycles. The molecule has 2 nitrogen and oxygen atoms in total. The van der Waals surface area contributed by atoms with Gasteiger partial charge in [0, 0.05) is 12.1 Å². The van der Waals surface area contributed by atoms with E-state index in [1.165, 1.54) is 25.7 Å². The zero-order valence-corrected chi connectivity index (χ0v) is 6.29. The third kappa shape index (κ3) is 0.867. The molecule has 0 amide bonds. The summed E-state index contributed by atoms with van der Waals surface area (Å²) >= 11 is 0. The monoisotopic (exact) mass is 140 g/mol. The lowest BCUT2D eigenvalue weighted by atomic mass is 9.66. The lowest BCUT2D eigenvalue weighted by molar-refractivity contribution is 0.122. The van der Waals surface area contributed by atoms with E-state index < -0.39 is 0 Å². The highest BCUT2D eigenvalue weighted by Gasteiger charge is 2.38. The molecule has 3 fully saturated rings. The van der Waals surface area contributed by atoms with Crippen LogP contribution in [0, 0.1) is 11.8 Å². The molecule has 0 radical (unpaired) electrons. The molecule has 4 atom stereocenters. The van der Waals surface area contributed by atoms with Crippen LogP contribution in [-0.2, 0) is 0 Å². The zero-order valence-electron chi connectivity index (χ0n) is 6.29. The fraction of sp³-hybridized carbons (Fsp3) is 1.00. The summed E-state index contributed by atoms with van der Waals surface area (Å²) in [4.78, 5) is 0. The third-order valence-electron chi connectivity index (χ3n) is 3.27. The Hall–Kier alpha value is -0.0800. The van der Waals surface area contributed by atoms with Gasteiger partial charge in [0.2, 0.25) is 0 Å². The second-order valence-electron chi connectivity index (χ2n) is 3.90. The van der Waals surface area contributed by atoms with E-state index in [2.05, 4.69) is 0 Å². The lowest BCUT2D eigenvalue weighted by Gasteiger charge is -2.44. The van der Waals surface area contributed by atoms with Crippen LogP contribution in [0.2, 0.25) is 0 Å². The largest absolute Gasteiger partial charge is 0.327 e. The van der Waals surface area contributed by atoms with Crippen LogP contribution in [0.5, 0.6) is 0 Å². The van der Waals surface area contributed by atoms with Crippen LogP contribution in [0.3, 0.4) is 0 Å². The maximum absolute atomic E-state index is 5.93.